The fourth-order valence-electron chi connectivity index (χ4n) is 3.00. The van der Waals surface area contributed by atoms with Gasteiger partial charge in [-0.05, 0) is 68.0 Å². The van der Waals surface area contributed by atoms with Crippen LogP contribution < -0.4 is 0 Å². The van der Waals surface area contributed by atoms with Crippen molar-refractivity contribution in [2.24, 2.45) is 0 Å². The highest BCUT2D eigenvalue weighted by atomic mass is 35.5. The lowest BCUT2D eigenvalue weighted by molar-refractivity contribution is -0.110. The molecule has 0 fully saturated rings. The van der Waals surface area contributed by atoms with E-state index in [4.69, 9.17) is 11.6 Å². The molecule has 1 aliphatic carbocycles. The van der Waals surface area contributed by atoms with Crippen LogP contribution in [0, 0.1) is 6.92 Å². The first-order valence-corrected chi connectivity index (χ1v) is 10.9. The molecule has 0 saturated heterocycles. The first-order valence-electron chi connectivity index (χ1n) is 9.68. The zero-order valence-electron chi connectivity index (χ0n) is 17.6. The van der Waals surface area contributed by atoms with E-state index in [2.05, 4.69) is 32.1 Å². The summed E-state index contributed by atoms with van der Waals surface area (Å²) < 4.78 is 0. The van der Waals surface area contributed by atoms with Crippen molar-refractivity contribution < 1.29 is 9.59 Å². The Morgan fingerprint density at radius 3 is 2.55 bits per heavy atom. The quantitative estimate of drug-likeness (QED) is 0.279. The number of halogens is 1. The van der Waals surface area contributed by atoms with Crippen molar-refractivity contribution >= 4 is 40.0 Å². The van der Waals surface area contributed by atoms with Crippen molar-refractivity contribution in [3.8, 4) is 0 Å². The summed E-state index contributed by atoms with van der Waals surface area (Å²) in [6.45, 7) is 9.62. The third-order valence-corrected chi connectivity index (χ3v) is 6.35. The van der Waals surface area contributed by atoms with Crippen LogP contribution in [0.25, 0.3) is 5.57 Å². The van der Waals surface area contributed by atoms with E-state index in [0.29, 0.717) is 16.9 Å². The molecule has 4 heteroatoms. The Bertz CT molecular complexity index is 970. The highest BCUT2D eigenvalue weighted by Gasteiger charge is 2.20. The summed E-state index contributed by atoms with van der Waals surface area (Å²) in [6, 6.07) is 8.12. The lowest BCUT2D eigenvalue weighted by atomic mass is 9.88. The Morgan fingerprint density at radius 1 is 1.31 bits per heavy atom. The largest absolute Gasteiger partial charge is 0.287 e. The summed E-state index contributed by atoms with van der Waals surface area (Å²) in [5, 5.41) is 0.0160. The number of hydrogen-bond donors (Lipinski definition) is 0. The summed E-state index contributed by atoms with van der Waals surface area (Å²) in [4.78, 5) is 23.7. The lowest BCUT2D eigenvalue weighted by Gasteiger charge is -2.22. The van der Waals surface area contributed by atoms with E-state index in [1.165, 1.54) is 0 Å². The monoisotopic (exact) mass is 426 g/mol. The molecule has 152 valence electrons. The second kappa shape index (κ2) is 10.1. The molecule has 0 radical (unpaired) electrons. The lowest BCUT2D eigenvalue weighted by Crippen LogP contribution is -2.14. The summed E-state index contributed by atoms with van der Waals surface area (Å²) in [6.07, 6.45) is 9.29. The average Bonchev–Trinajstić information content (AvgIpc) is 2.70. The second-order valence-electron chi connectivity index (χ2n) is 7.39. The van der Waals surface area contributed by atoms with Crippen molar-refractivity contribution in [3.05, 3.63) is 81.3 Å². The molecule has 0 N–H and O–H groups in total. The Labute approximate surface area is 183 Å². The van der Waals surface area contributed by atoms with Crippen LogP contribution in [0.4, 0.5) is 0 Å². The van der Waals surface area contributed by atoms with E-state index < -0.39 is 0 Å². The number of carbonyl (C=O) groups excluding carboxylic acids is 2. The molecule has 1 atom stereocenters. The van der Waals surface area contributed by atoms with Crippen molar-refractivity contribution in [1.82, 2.24) is 0 Å². The molecule has 0 spiro atoms. The Hall–Kier alpha value is -2.06. The number of hydrogen-bond acceptors (Lipinski definition) is 3. The molecule has 1 aliphatic rings. The van der Waals surface area contributed by atoms with Gasteiger partial charge in [0.1, 0.15) is 5.94 Å². The Kier molecular flexibility index (Phi) is 8.10. The zero-order chi connectivity index (χ0) is 21.6. The van der Waals surface area contributed by atoms with Crippen LogP contribution in [-0.2, 0) is 9.59 Å². The van der Waals surface area contributed by atoms with Gasteiger partial charge in [-0.3, -0.25) is 4.79 Å². The van der Waals surface area contributed by atoms with Gasteiger partial charge in [0.25, 0.3) is 0 Å². The fourth-order valence-corrected chi connectivity index (χ4v) is 3.90. The minimum absolute atomic E-state index is 0.0160. The van der Waals surface area contributed by atoms with Gasteiger partial charge < -0.3 is 0 Å². The molecule has 0 aliphatic heterocycles. The standard InChI is InChI=1S/C25H27ClO2S/c1-6-24(28)29-23(18(3)16-27)15-22(21-10-8-7-9-17(21)2)19(4)20-11-13-25(5,26)14-12-20/h7-13,15H,6,14H2,1-5H3/b22-19+,23-15-. The van der Waals surface area contributed by atoms with E-state index in [1.807, 2.05) is 50.1 Å². The van der Waals surface area contributed by atoms with Crippen LogP contribution in [0.3, 0.4) is 0 Å². The molecule has 1 unspecified atom stereocenters. The van der Waals surface area contributed by atoms with Crippen molar-refractivity contribution in [2.75, 3.05) is 0 Å². The van der Waals surface area contributed by atoms with E-state index in [0.717, 1.165) is 46.0 Å². The van der Waals surface area contributed by atoms with Crippen molar-refractivity contribution in [2.45, 2.75) is 52.3 Å². The summed E-state index contributed by atoms with van der Waals surface area (Å²) in [5.74, 6) is 1.95. The predicted molar refractivity (Wildman–Crippen MR) is 126 cm³/mol. The number of carbonyl (C=O) groups is 1. The SMILES string of the molecule is CCC(=O)S/C(=C\C(=C(\C)C1=CCC(C)(Cl)C=C1)c1ccccc1C)C(C)=C=O. The van der Waals surface area contributed by atoms with Gasteiger partial charge in [0.2, 0.25) is 0 Å². The van der Waals surface area contributed by atoms with Crippen LogP contribution in [0.1, 0.15) is 51.7 Å². The molecular formula is C25H27ClO2S. The first kappa shape index (κ1) is 23.2. The van der Waals surface area contributed by atoms with Crippen LogP contribution in [0.5, 0.6) is 0 Å². The maximum absolute atomic E-state index is 12.1. The van der Waals surface area contributed by atoms with Crippen LogP contribution >= 0.6 is 23.4 Å². The zero-order valence-corrected chi connectivity index (χ0v) is 19.2. The van der Waals surface area contributed by atoms with Gasteiger partial charge in [-0.2, -0.15) is 0 Å². The predicted octanol–water partition coefficient (Wildman–Crippen LogP) is 6.98. The molecular weight excluding hydrogens is 400 g/mol. The molecule has 0 heterocycles. The highest BCUT2D eigenvalue weighted by molar-refractivity contribution is 8.17. The number of benzene rings is 1. The maximum atomic E-state index is 12.1. The summed E-state index contributed by atoms with van der Waals surface area (Å²) >= 11 is 7.54. The number of thioether (sulfide) groups is 1. The minimum Gasteiger partial charge on any atom is -0.287 e. The molecule has 0 saturated carbocycles. The highest BCUT2D eigenvalue weighted by Crippen LogP contribution is 2.36. The minimum atomic E-state index is -0.367. The first-order chi connectivity index (χ1) is 13.7. The molecule has 2 nitrogen and oxygen atoms in total. The van der Waals surface area contributed by atoms with Gasteiger partial charge in [0.15, 0.2) is 5.12 Å². The van der Waals surface area contributed by atoms with Gasteiger partial charge in [0.05, 0.1) is 4.87 Å². The van der Waals surface area contributed by atoms with E-state index in [-0.39, 0.29) is 9.99 Å². The number of rotatable bonds is 6. The molecule has 1 aromatic rings. The van der Waals surface area contributed by atoms with E-state index in [9.17, 15) is 9.59 Å². The fraction of sp³-hybridized carbons (Fsp3) is 0.320. The molecule has 29 heavy (non-hydrogen) atoms. The topological polar surface area (TPSA) is 34.1 Å². The number of aryl methyl sites for hydroxylation is 1. The smallest absolute Gasteiger partial charge is 0.193 e. The van der Waals surface area contributed by atoms with E-state index >= 15 is 0 Å². The van der Waals surface area contributed by atoms with Crippen molar-refractivity contribution in [1.29, 1.82) is 0 Å². The van der Waals surface area contributed by atoms with Crippen LogP contribution in [0.2, 0.25) is 0 Å². The van der Waals surface area contributed by atoms with Crippen LogP contribution in [-0.4, -0.2) is 15.9 Å². The van der Waals surface area contributed by atoms with Gasteiger partial charge in [-0.15, -0.1) is 11.6 Å². The number of alkyl halides is 1. The number of allylic oxidation sites excluding steroid dienone is 8. The molecule has 0 aromatic heterocycles. The van der Waals surface area contributed by atoms with Gasteiger partial charge >= 0.3 is 0 Å². The van der Waals surface area contributed by atoms with Crippen molar-refractivity contribution in [3.63, 3.8) is 0 Å². The Morgan fingerprint density at radius 2 is 2.00 bits per heavy atom. The average molecular weight is 427 g/mol. The third-order valence-electron chi connectivity index (χ3n) is 4.91. The summed E-state index contributed by atoms with van der Waals surface area (Å²) in [5.41, 5.74) is 5.77. The van der Waals surface area contributed by atoms with Gasteiger partial charge in [-0.1, -0.05) is 61.2 Å². The van der Waals surface area contributed by atoms with Gasteiger partial charge in [-0.25, -0.2) is 4.79 Å². The van der Waals surface area contributed by atoms with Crippen LogP contribution in [0.15, 0.2) is 70.2 Å². The molecule has 2 rings (SSSR count). The van der Waals surface area contributed by atoms with E-state index in [1.54, 1.807) is 6.92 Å². The molecule has 1 aromatic carbocycles. The van der Waals surface area contributed by atoms with Gasteiger partial charge in [0, 0.05) is 16.9 Å². The Balaban J connectivity index is 2.69. The third kappa shape index (κ3) is 6.21. The molecule has 0 amide bonds. The normalized spacial score (nSPS) is 19.9. The summed E-state index contributed by atoms with van der Waals surface area (Å²) in [7, 11) is 0. The second-order valence-corrected chi connectivity index (χ2v) is 9.35. The maximum Gasteiger partial charge on any atom is 0.193 e. The molecule has 0 bridgehead atoms.